The summed E-state index contributed by atoms with van der Waals surface area (Å²) in [5.74, 6) is -1.28. The van der Waals surface area contributed by atoms with Crippen LogP contribution in [-0.4, -0.2) is 11.0 Å². The van der Waals surface area contributed by atoms with Crippen LogP contribution in [0.15, 0.2) is 72.9 Å². The molecule has 0 aliphatic carbocycles. The summed E-state index contributed by atoms with van der Waals surface area (Å²) < 4.78 is 86.8. The molecule has 0 spiro atoms. The number of rotatable bonds is 4. The van der Waals surface area contributed by atoms with Crippen LogP contribution < -0.4 is 16.4 Å². The number of hydrogen-bond acceptors (Lipinski definition) is 2. The average Bonchev–Trinajstić information content (AvgIpc) is 3.32. The molecule has 0 aliphatic rings. The number of fused-ring (bicyclic) bond motifs is 1. The minimum absolute atomic E-state index is 0.00112. The van der Waals surface area contributed by atoms with E-state index < -0.39 is 35.3 Å². The summed E-state index contributed by atoms with van der Waals surface area (Å²) in [4.78, 5) is 15.0. The minimum atomic E-state index is -4.64. The van der Waals surface area contributed by atoms with Crippen LogP contribution in [-0.2, 0) is 25.4 Å². The van der Waals surface area contributed by atoms with Gasteiger partial charge in [0.1, 0.15) is 5.82 Å². The molecule has 0 atom stereocenters. The van der Waals surface area contributed by atoms with Crippen molar-refractivity contribution in [3.8, 4) is 0 Å². The summed E-state index contributed by atoms with van der Waals surface area (Å²) in [6, 6.07) is 14.3. The van der Waals surface area contributed by atoms with Gasteiger partial charge in [0.15, 0.2) is 0 Å². The molecule has 1 aromatic heterocycles. The van der Waals surface area contributed by atoms with Crippen LogP contribution in [0.2, 0.25) is 0 Å². The van der Waals surface area contributed by atoms with Gasteiger partial charge in [0.2, 0.25) is 0 Å². The number of carbonyl (C=O) groups is 1. The number of halogens is 7. The maximum atomic E-state index is 12.8. The van der Waals surface area contributed by atoms with Crippen molar-refractivity contribution in [3.63, 3.8) is 0 Å². The zero-order chi connectivity index (χ0) is 27.2. The van der Waals surface area contributed by atoms with Crippen LogP contribution >= 0.6 is 0 Å². The molecule has 5 nitrogen and oxygen atoms in total. The van der Waals surface area contributed by atoms with E-state index in [-0.39, 0.29) is 13.1 Å². The largest absolute Gasteiger partial charge is 0.419 e. The van der Waals surface area contributed by atoms with E-state index in [0.717, 1.165) is 35.2 Å². The first-order valence-electron chi connectivity index (χ1n) is 10.7. The quantitative estimate of drug-likeness (QED) is 0.220. The molecular weight excluding hydrogens is 505 g/mol. The van der Waals surface area contributed by atoms with Crippen molar-refractivity contribution < 1.29 is 35.5 Å². The first-order valence-corrected chi connectivity index (χ1v) is 10.7. The number of benzene rings is 3. The van der Waals surface area contributed by atoms with Crippen molar-refractivity contribution >= 4 is 22.6 Å². The van der Waals surface area contributed by atoms with E-state index in [0.29, 0.717) is 22.9 Å². The molecule has 0 bridgehead atoms. The zero-order valence-electron chi connectivity index (χ0n) is 19.0. The molecule has 0 radical (unpaired) electrons. The summed E-state index contributed by atoms with van der Waals surface area (Å²) in [7, 11) is 0. The maximum absolute atomic E-state index is 12.8. The Bertz CT molecular complexity index is 1360. The van der Waals surface area contributed by atoms with E-state index in [1.54, 1.807) is 18.3 Å². The number of alkyl halides is 6. The highest BCUT2D eigenvalue weighted by atomic mass is 19.4. The molecule has 3 aromatic carbocycles. The Morgan fingerprint density at radius 1 is 0.865 bits per heavy atom. The van der Waals surface area contributed by atoms with Crippen molar-refractivity contribution in [1.29, 1.82) is 0 Å². The highest BCUT2D eigenvalue weighted by Crippen LogP contribution is 2.31. The lowest BCUT2D eigenvalue weighted by atomic mass is 10.1. The highest BCUT2D eigenvalue weighted by Gasteiger charge is 2.33. The predicted molar refractivity (Wildman–Crippen MR) is 125 cm³/mol. The van der Waals surface area contributed by atoms with E-state index >= 15 is 0 Å². The molecule has 2 amide bonds. The molecule has 196 valence electrons. The number of aromatic nitrogens is 1. The Kier molecular flexibility index (Phi) is 8.43. The number of nitrogens with two attached hydrogens (primary N) is 1. The summed E-state index contributed by atoms with van der Waals surface area (Å²) in [6.45, 7) is 0.0217. The number of amides is 2. The van der Waals surface area contributed by atoms with E-state index in [1.807, 2.05) is 12.1 Å². The fraction of sp³-hybridized carbons (Fsp3) is 0.160. The van der Waals surface area contributed by atoms with Crippen LogP contribution in [0.25, 0.3) is 10.9 Å². The average molecular weight is 526 g/mol. The van der Waals surface area contributed by atoms with Gasteiger partial charge >= 0.3 is 18.4 Å². The van der Waals surface area contributed by atoms with E-state index in [1.165, 1.54) is 12.1 Å². The molecule has 0 unspecified atom stereocenters. The molecule has 0 saturated heterocycles. The maximum Gasteiger partial charge on any atom is 0.419 e. The third kappa shape index (κ3) is 7.46. The fourth-order valence-electron chi connectivity index (χ4n) is 3.32. The molecule has 12 heteroatoms. The van der Waals surface area contributed by atoms with Crippen LogP contribution in [0.4, 0.5) is 41.2 Å². The van der Waals surface area contributed by atoms with Gasteiger partial charge in [0.05, 0.1) is 16.8 Å². The van der Waals surface area contributed by atoms with Gasteiger partial charge in [-0.1, -0.05) is 24.3 Å². The van der Waals surface area contributed by atoms with Crippen LogP contribution in [0, 0.1) is 5.82 Å². The first-order chi connectivity index (χ1) is 17.4. The molecule has 4 aromatic rings. The minimum Gasteiger partial charge on any atom is -0.361 e. The van der Waals surface area contributed by atoms with E-state index in [9.17, 15) is 35.5 Å². The Labute approximate surface area is 206 Å². The molecule has 0 saturated carbocycles. The van der Waals surface area contributed by atoms with E-state index in [4.69, 9.17) is 5.73 Å². The smallest absolute Gasteiger partial charge is 0.361 e. The summed E-state index contributed by atoms with van der Waals surface area (Å²) in [5.41, 5.74) is 5.35. The Morgan fingerprint density at radius 3 is 2.24 bits per heavy atom. The van der Waals surface area contributed by atoms with Gasteiger partial charge in [-0.2, -0.15) is 26.3 Å². The zero-order valence-corrected chi connectivity index (χ0v) is 19.0. The predicted octanol–water partition coefficient (Wildman–Crippen LogP) is 6.81. The molecule has 0 fully saturated rings. The second-order valence-corrected chi connectivity index (χ2v) is 7.77. The third-order valence-electron chi connectivity index (χ3n) is 5.13. The highest BCUT2D eigenvalue weighted by molar-refractivity contribution is 6.00. The Hall–Kier alpha value is -4.06. The van der Waals surface area contributed by atoms with Crippen molar-refractivity contribution in [2.45, 2.75) is 25.4 Å². The molecule has 37 heavy (non-hydrogen) atoms. The second-order valence-electron chi connectivity index (χ2n) is 7.77. The standard InChI is InChI=1S/C17H14F3N3O.C8H7F4N/c18-17(19,20)12-4-1-3-11(9-12)10-22-16(24)23-15-6-2-5-14-13(15)7-8-21-14;9-7-3-5(4-13)1-2-6(7)8(10,11)12/h1-9,21H,10H2,(H2,22,23,24);1-3H,4,13H2. The summed E-state index contributed by atoms with van der Waals surface area (Å²) in [6.07, 6.45) is -7.28. The SMILES string of the molecule is NCc1ccc(C(F)(F)F)c(F)c1.O=C(NCc1cccc(C(F)(F)F)c1)Nc1cccc2[nH]ccc12. The normalized spacial score (nSPS) is 11.6. The summed E-state index contributed by atoms with van der Waals surface area (Å²) in [5, 5.41) is 6.10. The Morgan fingerprint density at radius 2 is 1.59 bits per heavy atom. The van der Waals surface area contributed by atoms with Gasteiger partial charge < -0.3 is 21.4 Å². The van der Waals surface area contributed by atoms with E-state index in [2.05, 4.69) is 15.6 Å². The number of carbonyl (C=O) groups excluding carboxylic acids is 1. The number of H-pyrrole nitrogens is 1. The molecular formula is C25H21F7N4O. The summed E-state index contributed by atoms with van der Waals surface area (Å²) >= 11 is 0. The van der Waals surface area contributed by atoms with Gasteiger partial charge in [0, 0.05) is 30.2 Å². The molecule has 4 rings (SSSR count). The van der Waals surface area contributed by atoms with Crippen LogP contribution in [0.1, 0.15) is 22.3 Å². The second kappa shape index (κ2) is 11.3. The topological polar surface area (TPSA) is 82.9 Å². The van der Waals surface area contributed by atoms with Crippen molar-refractivity contribution in [1.82, 2.24) is 10.3 Å². The third-order valence-corrected chi connectivity index (χ3v) is 5.13. The van der Waals surface area contributed by atoms with Gasteiger partial charge in [-0.05, 0) is 53.6 Å². The van der Waals surface area contributed by atoms with Crippen molar-refractivity contribution in [3.05, 3.63) is 101 Å². The van der Waals surface area contributed by atoms with Crippen molar-refractivity contribution in [2.24, 2.45) is 5.73 Å². The fourth-order valence-corrected chi connectivity index (χ4v) is 3.32. The van der Waals surface area contributed by atoms with Gasteiger partial charge in [-0.15, -0.1) is 0 Å². The van der Waals surface area contributed by atoms with Gasteiger partial charge in [-0.3, -0.25) is 0 Å². The van der Waals surface area contributed by atoms with Gasteiger partial charge in [-0.25, -0.2) is 9.18 Å². The molecule has 5 N–H and O–H groups in total. The first kappa shape index (κ1) is 27.5. The molecule has 1 heterocycles. The lowest BCUT2D eigenvalue weighted by Gasteiger charge is -2.11. The van der Waals surface area contributed by atoms with Crippen molar-refractivity contribution in [2.75, 3.05) is 5.32 Å². The number of aromatic amines is 1. The number of hydrogen-bond donors (Lipinski definition) is 4. The number of anilines is 1. The van der Waals surface area contributed by atoms with Crippen LogP contribution in [0.3, 0.4) is 0 Å². The molecule has 0 aliphatic heterocycles. The number of nitrogens with one attached hydrogen (secondary N) is 3. The van der Waals surface area contributed by atoms with Crippen LogP contribution in [0.5, 0.6) is 0 Å². The van der Waals surface area contributed by atoms with Gasteiger partial charge in [0.25, 0.3) is 0 Å². The lowest BCUT2D eigenvalue weighted by Crippen LogP contribution is -2.28. The Balaban J connectivity index is 0.000000248. The number of urea groups is 1. The monoisotopic (exact) mass is 526 g/mol. The lowest BCUT2D eigenvalue weighted by molar-refractivity contribution is -0.140.